The van der Waals surface area contributed by atoms with Gasteiger partial charge in [0.25, 0.3) is 0 Å². The van der Waals surface area contributed by atoms with Gasteiger partial charge in [-0.15, -0.1) is 17.7 Å². The molecule has 9 aromatic carbocycles. The molecule has 78 heavy (non-hydrogen) atoms. The number of para-hydroxylation sites is 3. The van der Waals surface area contributed by atoms with E-state index in [0.717, 1.165) is 100.0 Å². The summed E-state index contributed by atoms with van der Waals surface area (Å²) in [5, 5.41) is 15.0. The molecule has 0 saturated carbocycles. The van der Waals surface area contributed by atoms with Crippen molar-refractivity contribution < 1.29 is 26.2 Å². The third kappa shape index (κ3) is 9.39. The Morgan fingerprint density at radius 1 is 0.449 bits per heavy atom. The molecule has 3 aromatic heterocycles. The van der Waals surface area contributed by atoms with Crippen LogP contribution in [0.5, 0.6) is 5.75 Å². The Labute approximate surface area is 473 Å². The molecule has 0 saturated heterocycles. The fourth-order valence-corrected chi connectivity index (χ4v) is 11.0. The molecule has 0 radical (unpaired) electrons. The summed E-state index contributed by atoms with van der Waals surface area (Å²) < 4.78 is 4.65. The Morgan fingerprint density at radius 2 is 1.04 bits per heavy atom. The molecule has 0 fully saturated rings. The van der Waals surface area contributed by atoms with Crippen LogP contribution in [-0.2, 0) is 37.3 Å². The van der Waals surface area contributed by atoms with Crippen molar-refractivity contribution in [3.05, 3.63) is 235 Å². The Morgan fingerprint density at radius 3 is 1.71 bits per heavy atom. The third-order valence-corrected chi connectivity index (χ3v) is 15.2. The average Bonchev–Trinajstić information content (AvgIpc) is 4.12. The van der Waals surface area contributed by atoms with Crippen LogP contribution in [-0.4, -0.2) is 24.2 Å². The quantitative estimate of drug-likeness (QED) is 0.154. The van der Waals surface area contributed by atoms with E-state index in [1.54, 1.807) is 0 Å². The largest absolute Gasteiger partial charge is 0.507 e. The SMILES string of the molecule is CC(C)(C)c1ccc(-n2c(-c3cc(C(C)(C)C)cc(C(C)(C)C)c3O)nc3c(-c4[c-]c(-c5cc(-c6ccc(-c7ccccc7)cc6)ccn5)c5c(c4)c4ccccc4n5-c4ccccc4)cccc32)c(-c2ccccc2)c1.[Pt]. The maximum atomic E-state index is 12.8. The number of imidazole rings is 1. The van der Waals surface area contributed by atoms with Crippen LogP contribution in [0.15, 0.2) is 212 Å². The predicted octanol–water partition coefficient (Wildman–Crippen LogP) is 18.9. The van der Waals surface area contributed by atoms with Gasteiger partial charge in [-0.25, -0.2) is 4.98 Å². The molecular formula is C72H63N4OPt-. The number of nitrogens with zero attached hydrogens (tertiary/aromatic N) is 4. The van der Waals surface area contributed by atoms with Crippen LogP contribution in [0.3, 0.4) is 0 Å². The molecule has 388 valence electrons. The maximum absolute atomic E-state index is 12.8. The van der Waals surface area contributed by atoms with Gasteiger partial charge in [-0.1, -0.05) is 230 Å². The molecule has 0 aliphatic heterocycles. The minimum absolute atomic E-state index is 0. The molecule has 0 amide bonds. The molecule has 6 heteroatoms. The van der Waals surface area contributed by atoms with Gasteiger partial charge in [-0.05, 0) is 115 Å². The normalized spacial score (nSPS) is 12.1. The summed E-state index contributed by atoms with van der Waals surface area (Å²) in [5.74, 6) is 0.901. The molecule has 0 atom stereocenters. The topological polar surface area (TPSA) is 55.9 Å². The summed E-state index contributed by atoms with van der Waals surface area (Å²) >= 11 is 0. The summed E-state index contributed by atoms with van der Waals surface area (Å²) in [7, 11) is 0. The molecule has 0 unspecified atom stereocenters. The molecule has 12 aromatic rings. The van der Waals surface area contributed by atoms with Crippen LogP contribution in [0, 0.1) is 6.07 Å². The third-order valence-electron chi connectivity index (χ3n) is 15.2. The number of phenolic OH excluding ortho intramolecular Hbond substituents is 1. The van der Waals surface area contributed by atoms with Crippen LogP contribution in [0.25, 0.3) is 111 Å². The van der Waals surface area contributed by atoms with Crippen LogP contribution >= 0.6 is 0 Å². The molecule has 0 spiro atoms. The number of hydrogen-bond donors (Lipinski definition) is 1. The average molecular weight is 1200 g/mol. The summed E-state index contributed by atoms with van der Waals surface area (Å²) in [5.41, 5.74) is 19.3. The fraction of sp³-hybridized carbons (Fsp3) is 0.167. The summed E-state index contributed by atoms with van der Waals surface area (Å²) in [6.45, 7) is 20.0. The zero-order valence-corrected chi connectivity index (χ0v) is 48.0. The number of aromatic hydroxyl groups is 1. The summed E-state index contributed by atoms with van der Waals surface area (Å²) in [4.78, 5) is 11.0. The Hall–Kier alpha value is -8.11. The number of pyridine rings is 1. The van der Waals surface area contributed by atoms with Gasteiger partial charge >= 0.3 is 0 Å². The van der Waals surface area contributed by atoms with Crippen molar-refractivity contribution in [2.24, 2.45) is 0 Å². The summed E-state index contributed by atoms with van der Waals surface area (Å²) in [6, 6.07) is 77.5. The van der Waals surface area contributed by atoms with Crippen molar-refractivity contribution in [2.75, 3.05) is 0 Å². The van der Waals surface area contributed by atoms with Gasteiger partial charge in [0, 0.05) is 55.3 Å². The first-order valence-corrected chi connectivity index (χ1v) is 26.8. The minimum atomic E-state index is -0.359. The molecule has 0 bridgehead atoms. The Balaban J connectivity index is 0.00000645. The second-order valence-corrected chi connectivity index (χ2v) is 23.6. The number of phenols is 1. The van der Waals surface area contributed by atoms with E-state index >= 15 is 0 Å². The fourth-order valence-electron chi connectivity index (χ4n) is 11.0. The monoisotopic (exact) mass is 1190 g/mol. The van der Waals surface area contributed by atoms with Crippen LogP contribution in [0.1, 0.15) is 79.0 Å². The standard InChI is InChI=1S/C72H63N4O.Pt/c1-70(2,3)52-36-37-64(57(43-52)49-24-15-11-16-25-49)76-65-31-21-29-55(66(65)74-69(76)60-44-53(71(4,5)6)45-61(68(60)77)72(7,8)9)51-40-58-56-28-19-20-30-63(56)75(54-26-17-12-18-27-54)67(58)59(41-51)62-42-50(38-39-73-62)48-34-32-47(33-35-48)46-22-13-10-14-23-46;/h10-40,42-45,77H,1-9H3;/q-1;. The number of aromatic nitrogens is 4. The minimum Gasteiger partial charge on any atom is -0.507 e. The van der Waals surface area contributed by atoms with Gasteiger partial charge in [0.2, 0.25) is 0 Å². The van der Waals surface area contributed by atoms with E-state index in [-0.39, 0.29) is 43.1 Å². The van der Waals surface area contributed by atoms with E-state index < -0.39 is 0 Å². The van der Waals surface area contributed by atoms with Crippen molar-refractivity contribution in [3.8, 4) is 84.3 Å². The predicted molar refractivity (Wildman–Crippen MR) is 322 cm³/mol. The van der Waals surface area contributed by atoms with Gasteiger partial charge in [0.1, 0.15) is 11.6 Å². The second kappa shape index (κ2) is 20.0. The van der Waals surface area contributed by atoms with Gasteiger partial charge in [0.15, 0.2) is 0 Å². The van der Waals surface area contributed by atoms with Crippen molar-refractivity contribution >= 4 is 32.8 Å². The van der Waals surface area contributed by atoms with Crippen LogP contribution < -0.4 is 0 Å². The van der Waals surface area contributed by atoms with Gasteiger partial charge in [0.05, 0.1) is 22.3 Å². The van der Waals surface area contributed by atoms with Gasteiger partial charge in [-0.3, -0.25) is 9.55 Å². The van der Waals surface area contributed by atoms with E-state index in [4.69, 9.17) is 9.97 Å². The van der Waals surface area contributed by atoms with E-state index in [0.29, 0.717) is 11.4 Å². The first-order chi connectivity index (χ1) is 37.0. The molecule has 0 aliphatic carbocycles. The zero-order valence-electron chi connectivity index (χ0n) is 45.8. The van der Waals surface area contributed by atoms with Crippen LogP contribution in [0.4, 0.5) is 0 Å². The first kappa shape index (κ1) is 52.0. The van der Waals surface area contributed by atoms with Crippen molar-refractivity contribution in [3.63, 3.8) is 0 Å². The Bertz CT molecular complexity index is 4190. The first-order valence-electron chi connectivity index (χ1n) is 26.8. The van der Waals surface area contributed by atoms with E-state index in [9.17, 15) is 5.11 Å². The van der Waals surface area contributed by atoms with E-state index in [2.05, 4.69) is 284 Å². The van der Waals surface area contributed by atoms with E-state index in [1.165, 1.54) is 16.7 Å². The molecule has 5 nitrogen and oxygen atoms in total. The molecule has 1 N–H and O–H groups in total. The maximum Gasteiger partial charge on any atom is 0.148 e. The van der Waals surface area contributed by atoms with Crippen molar-refractivity contribution in [1.29, 1.82) is 0 Å². The zero-order chi connectivity index (χ0) is 53.4. The number of fused-ring (bicyclic) bond motifs is 4. The van der Waals surface area contributed by atoms with Crippen molar-refractivity contribution in [1.82, 2.24) is 19.1 Å². The molecule has 0 aliphatic rings. The van der Waals surface area contributed by atoms with Crippen LogP contribution in [0.2, 0.25) is 0 Å². The second-order valence-electron chi connectivity index (χ2n) is 23.6. The molecule has 12 rings (SSSR count). The van der Waals surface area contributed by atoms with Gasteiger partial charge < -0.3 is 9.67 Å². The van der Waals surface area contributed by atoms with Crippen molar-refractivity contribution in [2.45, 2.75) is 78.6 Å². The van der Waals surface area contributed by atoms with Gasteiger partial charge in [-0.2, -0.15) is 0 Å². The molecular weight excluding hydrogens is 1130 g/mol. The Kier molecular flexibility index (Phi) is 13.3. The van der Waals surface area contributed by atoms with E-state index in [1.807, 2.05) is 6.20 Å². The number of hydrogen-bond acceptors (Lipinski definition) is 3. The summed E-state index contributed by atoms with van der Waals surface area (Å²) in [6.07, 6.45) is 1.92. The molecule has 3 heterocycles. The number of benzene rings is 9. The number of rotatable bonds is 8. The smallest absolute Gasteiger partial charge is 0.148 e.